The fourth-order valence-electron chi connectivity index (χ4n) is 2.41. The van der Waals surface area contributed by atoms with Gasteiger partial charge in [0.25, 0.3) is 0 Å². The molecule has 1 saturated carbocycles. The van der Waals surface area contributed by atoms with Crippen LogP contribution in [0, 0.1) is 12.8 Å². The van der Waals surface area contributed by atoms with Gasteiger partial charge in [0.2, 0.25) is 0 Å². The quantitative estimate of drug-likeness (QED) is 0.850. The van der Waals surface area contributed by atoms with E-state index < -0.39 is 0 Å². The van der Waals surface area contributed by atoms with Crippen LogP contribution >= 0.6 is 0 Å². The van der Waals surface area contributed by atoms with Crippen LogP contribution in [0.5, 0.6) is 5.75 Å². The van der Waals surface area contributed by atoms with Crippen molar-refractivity contribution in [3.8, 4) is 5.75 Å². The minimum atomic E-state index is 0.749. The number of aryl methyl sites for hydroxylation is 1. The van der Waals surface area contributed by atoms with Gasteiger partial charge in [0, 0.05) is 12.2 Å². The van der Waals surface area contributed by atoms with Gasteiger partial charge < -0.3 is 10.1 Å². The van der Waals surface area contributed by atoms with Crippen molar-refractivity contribution in [2.75, 3.05) is 13.7 Å². The number of rotatable bonds is 5. The van der Waals surface area contributed by atoms with Gasteiger partial charge in [-0.05, 0) is 44.9 Å². The van der Waals surface area contributed by atoms with Crippen molar-refractivity contribution in [3.63, 3.8) is 0 Å². The molecule has 1 aliphatic rings. The molecule has 1 aromatic rings. The minimum Gasteiger partial charge on any atom is -0.491 e. The molecule has 94 valence electrons. The van der Waals surface area contributed by atoms with E-state index in [1.807, 2.05) is 26.1 Å². The molecule has 1 heterocycles. The van der Waals surface area contributed by atoms with Gasteiger partial charge in [0.1, 0.15) is 5.75 Å². The molecule has 0 aromatic carbocycles. The molecule has 2 rings (SSSR count). The number of aromatic nitrogens is 1. The standard InChI is InChI=1S/C14H22N2O/c1-11-7-8-14(13(16-11)9-15-2)17-10-12-5-3-4-6-12/h7-8,12,15H,3-6,9-10H2,1-2H3. The zero-order chi connectivity index (χ0) is 12.1. The summed E-state index contributed by atoms with van der Waals surface area (Å²) in [5, 5.41) is 3.14. The van der Waals surface area contributed by atoms with Gasteiger partial charge in [-0.2, -0.15) is 0 Å². The van der Waals surface area contributed by atoms with Crippen molar-refractivity contribution in [2.45, 2.75) is 39.2 Å². The van der Waals surface area contributed by atoms with E-state index in [-0.39, 0.29) is 0 Å². The summed E-state index contributed by atoms with van der Waals surface area (Å²) in [5.41, 5.74) is 2.06. The first kappa shape index (κ1) is 12.4. The first-order chi connectivity index (χ1) is 8.29. The third-order valence-electron chi connectivity index (χ3n) is 3.37. The lowest BCUT2D eigenvalue weighted by Gasteiger charge is -2.14. The highest BCUT2D eigenvalue weighted by atomic mass is 16.5. The van der Waals surface area contributed by atoms with Gasteiger partial charge >= 0.3 is 0 Å². The fraction of sp³-hybridized carbons (Fsp3) is 0.643. The monoisotopic (exact) mass is 234 g/mol. The second-order valence-electron chi connectivity index (χ2n) is 4.89. The Kier molecular flexibility index (Phi) is 4.37. The van der Waals surface area contributed by atoms with E-state index in [1.165, 1.54) is 25.7 Å². The van der Waals surface area contributed by atoms with Gasteiger partial charge in [-0.25, -0.2) is 0 Å². The number of hydrogen-bond donors (Lipinski definition) is 1. The molecule has 0 spiro atoms. The number of nitrogens with one attached hydrogen (secondary N) is 1. The molecule has 0 aliphatic heterocycles. The van der Waals surface area contributed by atoms with Crippen LogP contribution in [0.2, 0.25) is 0 Å². The Hall–Kier alpha value is -1.09. The van der Waals surface area contributed by atoms with Crippen LogP contribution in [0.4, 0.5) is 0 Å². The molecular weight excluding hydrogens is 212 g/mol. The van der Waals surface area contributed by atoms with E-state index in [0.717, 1.165) is 36.2 Å². The maximum atomic E-state index is 5.93. The SMILES string of the molecule is CNCc1nc(C)ccc1OCC1CCCC1. The van der Waals surface area contributed by atoms with Crippen molar-refractivity contribution >= 4 is 0 Å². The van der Waals surface area contributed by atoms with Crippen molar-refractivity contribution in [2.24, 2.45) is 5.92 Å². The first-order valence-electron chi connectivity index (χ1n) is 6.53. The molecule has 0 radical (unpaired) electrons. The molecule has 0 saturated heterocycles. The predicted octanol–water partition coefficient (Wildman–Crippen LogP) is 2.68. The van der Waals surface area contributed by atoms with E-state index in [4.69, 9.17) is 4.74 Å². The molecule has 1 N–H and O–H groups in total. The van der Waals surface area contributed by atoms with E-state index in [2.05, 4.69) is 10.3 Å². The van der Waals surface area contributed by atoms with Crippen LogP contribution < -0.4 is 10.1 Å². The average Bonchev–Trinajstić information content (AvgIpc) is 2.81. The van der Waals surface area contributed by atoms with E-state index in [0.29, 0.717) is 0 Å². The van der Waals surface area contributed by atoms with Crippen molar-refractivity contribution in [3.05, 3.63) is 23.5 Å². The number of ether oxygens (including phenoxy) is 1. The third-order valence-corrected chi connectivity index (χ3v) is 3.37. The average molecular weight is 234 g/mol. The third kappa shape index (κ3) is 3.43. The van der Waals surface area contributed by atoms with Crippen LogP contribution in [0.1, 0.15) is 37.1 Å². The summed E-state index contributed by atoms with van der Waals surface area (Å²) in [5.74, 6) is 1.69. The van der Waals surface area contributed by atoms with Gasteiger partial charge in [-0.3, -0.25) is 4.98 Å². The molecule has 0 bridgehead atoms. The van der Waals surface area contributed by atoms with E-state index >= 15 is 0 Å². The maximum absolute atomic E-state index is 5.93. The summed E-state index contributed by atoms with van der Waals surface area (Å²) in [6, 6.07) is 4.06. The van der Waals surface area contributed by atoms with Crippen molar-refractivity contribution in [1.82, 2.24) is 10.3 Å². The Labute approximate surface area is 104 Å². The van der Waals surface area contributed by atoms with E-state index in [9.17, 15) is 0 Å². The molecular formula is C14H22N2O. The van der Waals surface area contributed by atoms with Gasteiger partial charge in [0.05, 0.1) is 12.3 Å². The highest BCUT2D eigenvalue weighted by Gasteiger charge is 2.16. The van der Waals surface area contributed by atoms with E-state index in [1.54, 1.807) is 0 Å². The zero-order valence-electron chi connectivity index (χ0n) is 10.8. The fourth-order valence-corrected chi connectivity index (χ4v) is 2.41. The number of nitrogens with zero attached hydrogens (tertiary/aromatic N) is 1. The molecule has 3 heteroatoms. The van der Waals surface area contributed by atoms with Crippen LogP contribution in [0.3, 0.4) is 0 Å². The van der Waals surface area contributed by atoms with Gasteiger partial charge in [-0.15, -0.1) is 0 Å². The van der Waals surface area contributed by atoms with Crippen molar-refractivity contribution < 1.29 is 4.74 Å². The second kappa shape index (κ2) is 6.01. The molecule has 0 atom stereocenters. The normalized spacial score (nSPS) is 16.4. The lowest BCUT2D eigenvalue weighted by molar-refractivity contribution is 0.248. The van der Waals surface area contributed by atoms with Crippen molar-refractivity contribution in [1.29, 1.82) is 0 Å². The van der Waals surface area contributed by atoms with Gasteiger partial charge in [0.15, 0.2) is 0 Å². The summed E-state index contributed by atoms with van der Waals surface area (Å²) >= 11 is 0. The number of hydrogen-bond acceptors (Lipinski definition) is 3. The van der Waals surface area contributed by atoms with Crippen LogP contribution in [-0.4, -0.2) is 18.6 Å². The Bertz CT molecular complexity index is 359. The number of pyridine rings is 1. The molecule has 3 nitrogen and oxygen atoms in total. The maximum Gasteiger partial charge on any atom is 0.142 e. The molecule has 1 aromatic heterocycles. The second-order valence-corrected chi connectivity index (χ2v) is 4.89. The predicted molar refractivity (Wildman–Crippen MR) is 69.2 cm³/mol. The summed E-state index contributed by atoms with van der Waals surface area (Å²) in [6.07, 6.45) is 5.37. The van der Waals surface area contributed by atoms with Crippen LogP contribution in [0.15, 0.2) is 12.1 Å². The highest BCUT2D eigenvalue weighted by Crippen LogP contribution is 2.26. The smallest absolute Gasteiger partial charge is 0.142 e. The molecule has 1 aliphatic carbocycles. The summed E-state index contributed by atoms with van der Waals surface area (Å²) in [6.45, 7) is 3.63. The Morgan fingerprint density at radius 2 is 2.12 bits per heavy atom. The Morgan fingerprint density at radius 3 is 2.82 bits per heavy atom. The highest BCUT2D eigenvalue weighted by molar-refractivity contribution is 5.29. The summed E-state index contributed by atoms with van der Waals surface area (Å²) < 4.78 is 5.93. The zero-order valence-corrected chi connectivity index (χ0v) is 10.8. The molecule has 17 heavy (non-hydrogen) atoms. The summed E-state index contributed by atoms with van der Waals surface area (Å²) in [4.78, 5) is 4.52. The van der Waals surface area contributed by atoms with Crippen LogP contribution in [0.25, 0.3) is 0 Å². The minimum absolute atomic E-state index is 0.749. The topological polar surface area (TPSA) is 34.2 Å². The lowest BCUT2D eigenvalue weighted by Crippen LogP contribution is -2.13. The molecule has 0 amide bonds. The molecule has 1 fully saturated rings. The first-order valence-corrected chi connectivity index (χ1v) is 6.53. The molecule has 0 unspecified atom stereocenters. The Balaban J connectivity index is 1.98. The summed E-state index contributed by atoms with van der Waals surface area (Å²) in [7, 11) is 1.94. The van der Waals surface area contributed by atoms with Crippen LogP contribution in [-0.2, 0) is 6.54 Å². The Morgan fingerprint density at radius 1 is 1.35 bits per heavy atom. The lowest BCUT2D eigenvalue weighted by atomic mass is 10.1. The van der Waals surface area contributed by atoms with Gasteiger partial charge in [-0.1, -0.05) is 12.8 Å². The largest absolute Gasteiger partial charge is 0.491 e.